The van der Waals surface area contributed by atoms with Gasteiger partial charge in [-0.25, -0.2) is 22.0 Å². The van der Waals surface area contributed by atoms with Gasteiger partial charge in [-0.3, -0.25) is 4.79 Å². The van der Waals surface area contributed by atoms with Crippen LogP contribution in [0.1, 0.15) is 10.4 Å². The Hall–Kier alpha value is -2.00. The Morgan fingerprint density at radius 3 is 2.25 bits per heavy atom. The summed E-state index contributed by atoms with van der Waals surface area (Å²) in [4.78, 5) is 11.3. The maximum Gasteiger partial charge on any atom is 0.355 e. The third-order valence-corrected chi connectivity index (χ3v) is 2.23. The summed E-state index contributed by atoms with van der Waals surface area (Å²) in [6, 6.07) is 1.27. The number of alkyl halides is 5. The predicted molar refractivity (Wildman–Crippen MR) is 54.1 cm³/mol. The molecule has 10 heteroatoms. The minimum absolute atomic E-state index is 0.534. The Labute approximate surface area is 107 Å². The molecule has 3 N–H and O–H groups in total. The fourth-order valence-corrected chi connectivity index (χ4v) is 1.17. The molecule has 0 saturated heterocycles. The van der Waals surface area contributed by atoms with Crippen molar-refractivity contribution in [2.24, 2.45) is 0 Å². The number of nitrogens with two attached hydrogens (primary N) is 1. The van der Waals surface area contributed by atoms with Crippen LogP contribution in [-0.4, -0.2) is 24.6 Å². The van der Waals surface area contributed by atoms with Crippen LogP contribution in [0.4, 0.5) is 36.4 Å². The van der Waals surface area contributed by atoms with Crippen molar-refractivity contribution in [3.63, 3.8) is 0 Å². The first-order valence-corrected chi connectivity index (χ1v) is 4.93. The number of nitrogen functional groups attached to an aromatic ring is 1. The number of rotatable bonds is 4. The molecule has 3 nitrogen and oxygen atoms in total. The number of anilines is 1. The molecular weight excluding hydrogens is 297 g/mol. The van der Waals surface area contributed by atoms with Crippen LogP contribution < -0.4 is 11.1 Å². The zero-order valence-corrected chi connectivity index (χ0v) is 9.44. The van der Waals surface area contributed by atoms with Crippen LogP contribution in [0.3, 0.4) is 0 Å². The van der Waals surface area contributed by atoms with Crippen LogP contribution in [0, 0.1) is 11.6 Å². The van der Waals surface area contributed by atoms with E-state index in [4.69, 9.17) is 5.73 Å². The van der Waals surface area contributed by atoms with Gasteiger partial charge in [-0.15, -0.1) is 0 Å². The molecule has 20 heavy (non-hydrogen) atoms. The number of carbonyl (C=O) groups excluding carboxylic acids is 1. The lowest BCUT2D eigenvalue weighted by Gasteiger charge is -2.20. The summed E-state index contributed by atoms with van der Waals surface area (Å²) >= 11 is 0. The summed E-state index contributed by atoms with van der Waals surface area (Å²) in [7, 11) is 0. The topological polar surface area (TPSA) is 55.1 Å². The second-order valence-corrected chi connectivity index (χ2v) is 3.64. The molecule has 1 aromatic carbocycles. The van der Waals surface area contributed by atoms with Crippen LogP contribution in [0.2, 0.25) is 0 Å². The maximum atomic E-state index is 13.3. The van der Waals surface area contributed by atoms with Gasteiger partial charge < -0.3 is 11.1 Å². The van der Waals surface area contributed by atoms with Gasteiger partial charge >= 0.3 is 12.3 Å². The molecule has 0 aliphatic heterocycles. The SMILES string of the molecule is Nc1ccc(F)c(C(=O)NC(F)C(F)(F)C(F)F)c1F. The van der Waals surface area contributed by atoms with Gasteiger partial charge in [0.25, 0.3) is 5.91 Å². The number of halogens is 7. The molecule has 0 aliphatic carbocycles. The monoisotopic (exact) mass is 304 g/mol. The second-order valence-electron chi connectivity index (χ2n) is 3.64. The van der Waals surface area contributed by atoms with Crippen molar-refractivity contribution >= 4 is 11.6 Å². The average molecular weight is 304 g/mol. The average Bonchev–Trinajstić information content (AvgIpc) is 2.34. The zero-order valence-electron chi connectivity index (χ0n) is 9.44. The van der Waals surface area contributed by atoms with Gasteiger partial charge in [-0.2, -0.15) is 8.78 Å². The number of hydrogen-bond acceptors (Lipinski definition) is 2. The first-order chi connectivity index (χ1) is 9.09. The highest BCUT2D eigenvalue weighted by Gasteiger charge is 2.50. The molecule has 0 spiro atoms. The van der Waals surface area contributed by atoms with Gasteiger partial charge in [-0.1, -0.05) is 0 Å². The fourth-order valence-electron chi connectivity index (χ4n) is 1.17. The van der Waals surface area contributed by atoms with E-state index in [1.165, 1.54) is 0 Å². The lowest BCUT2D eigenvalue weighted by Crippen LogP contribution is -2.49. The van der Waals surface area contributed by atoms with Gasteiger partial charge in [0.2, 0.25) is 6.30 Å². The zero-order chi connectivity index (χ0) is 15.7. The quantitative estimate of drug-likeness (QED) is 0.510. The highest BCUT2D eigenvalue weighted by molar-refractivity contribution is 5.95. The largest absolute Gasteiger partial charge is 0.396 e. The Kier molecular flexibility index (Phi) is 4.46. The Morgan fingerprint density at radius 1 is 1.20 bits per heavy atom. The summed E-state index contributed by atoms with van der Waals surface area (Å²) < 4.78 is 88.1. The third-order valence-electron chi connectivity index (χ3n) is 2.23. The normalized spacial score (nSPS) is 13.4. The van der Waals surface area contributed by atoms with Crippen molar-refractivity contribution in [1.29, 1.82) is 0 Å². The van der Waals surface area contributed by atoms with Crippen LogP contribution in [-0.2, 0) is 0 Å². The summed E-state index contributed by atoms with van der Waals surface area (Å²) in [6.07, 6.45) is -8.23. The van der Waals surface area contributed by atoms with Crippen LogP contribution >= 0.6 is 0 Å². The van der Waals surface area contributed by atoms with E-state index in [1.807, 2.05) is 0 Å². The second kappa shape index (κ2) is 5.55. The molecule has 0 saturated carbocycles. The maximum absolute atomic E-state index is 13.3. The highest BCUT2D eigenvalue weighted by atomic mass is 19.3. The molecule has 0 fully saturated rings. The Balaban J connectivity index is 3.02. The van der Waals surface area contributed by atoms with Gasteiger partial charge in [0, 0.05) is 0 Å². The minimum Gasteiger partial charge on any atom is -0.396 e. The van der Waals surface area contributed by atoms with Crippen LogP contribution in [0.15, 0.2) is 12.1 Å². The van der Waals surface area contributed by atoms with E-state index in [-0.39, 0.29) is 0 Å². The van der Waals surface area contributed by atoms with E-state index in [9.17, 15) is 35.5 Å². The van der Waals surface area contributed by atoms with E-state index in [2.05, 4.69) is 0 Å². The molecular formula is C10H7F7N2O. The van der Waals surface area contributed by atoms with E-state index < -0.39 is 47.4 Å². The molecule has 1 aromatic rings. The van der Waals surface area contributed by atoms with E-state index in [1.54, 1.807) is 0 Å². The minimum atomic E-state index is -5.21. The van der Waals surface area contributed by atoms with Crippen molar-refractivity contribution in [2.75, 3.05) is 5.73 Å². The Morgan fingerprint density at radius 2 is 1.75 bits per heavy atom. The summed E-state index contributed by atoms with van der Waals surface area (Å²) in [5.41, 5.74) is 2.86. The predicted octanol–water partition coefficient (Wildman–Crippen LogP) is 2.47. The number of benzene rings is 1. The number of amides is 1. The summed E-state index contributed by atoms with van der Waals surface area (Å²) in [6.45, 7) is 0. The van der Waals surface area contributed by atoms with Crippen molar-refractivity contribution in [3.05, 3.63) is 29.3 Å². The van der Waals surface area contributed by atoms with Gasteiger partial charge in [0.1, 0.15) is 11.4 Å². The summed E-state index contributed by atoms with van der Waals surface area (Å²) in [5, 5.41) is 0.756. The first kappa shape index (κ1) is 16.1. The van der Waals surface area contributed by atoms with E-state index in [0.717, 1.165) is 11.4 Å². The standard InChI is InChI=1S/C10H7F7N2O/c11-3-1-2-4(18)6(12)5(3)7(20)19-9(15)10(16,17)8(13)14/h1-2,8-9H,18H2,(H,19,20). The molecule has 0 aromatic heterocycles. The Bertz CT molecular complexity index is 521. The van der Waals surface area contributed by atoms with Gasteiger partial charge in [0.05, 0.1) is 5.69 Å². The molecule has 1 atom stereocenters. The molecule has 0 aliphatic rings. The van der Waals surface area contributed by atoms with Gasteiger partial charge in [0.15, 0.2) is 5.82 Å². The molecule has 0 radical (unpaired) electrons. The van der Waals surface area contributed by atoms with Crippen LogP contribution in [0.5, 0.6) is 0 Å². The van der Waals surface area contributed by atoms with Crippen molar-refractivity contribution < 1.29 is 35.5 Å². The number of carbonyl (C=O) groups is 1. The van der Waals surface area contributed by atoms with Crippen LogP contribution in [0.25, 0.3) is 0 Å². The third kappa shape index (κ3) is 2.94. The van der Waals surface area contributed by atoms with E-state index in [0.29, 0.717) is 6.07 Å². The van der Waals surface area contributed by atoms with Crippen molar-refractivity contribution in [1.82, 2.24) is 5.32 Å². The highest BCUT2D eigenvalue weighted by Crippen LogP contribution is 2.28. The lowest BCUT2D eigenvalue weighted by molar-refractivity contribution is -0.175. The van der Waals surface area contributed by atoms with E-state index >= 15 is 0 Å². The van der Waals surface area contributed by atoms with Crippen molar-refractivity contribution in [3.8, 4) is 0 Å². The molecule has 1 unspecified atom stereocenters. The molecule has 112 valence electrons. The van der Waals surface area contributed by atoms with Gasteiger partial charge in [-0.05, 0) is 12.1 Å². The molecule has 1 rings (SSSR count). The smallest absolute Gasteiger partial charge is 0.355 e. The molecule has 0 bridgehead atoms. The molecule has 1 amide bonds. The number of nitrogens with one attached hydrogen (secondary N) is 1. The molecule has 0 heterocycles. The lowest BCUT2D eigenvalue weighted by atomic mass is 10.1. The number of hydrogen-bond donors (Lipinski definition) is 2. The summed E-state index contributed by atoms with van der Waals surface area (Å²) in [5.74, 6) is -10.3. The fraction of sp³-hybridized carbons (Fsp3) is 0.300. The first-order valence-electron chi connectivity index (χ1n) is 4.93. The van der Waals surface area contributed by atoms with Crippen molar-refractivity contribution in [2.45, 2.75) is 18.6 Å².